The van der Waals surface area contributed by atoms with Gasteiger partial charge in [-0.25, -0.2) is 9.78 Å². The van der Waals surface area contributed by atoms with Crippen LogP contribution >= 0.6 is 28.3 Å². The van der Waals surface area contributed by atoms with Crippen molar-refractivity contribution < 1.29 is 9.52 Å². The summed E-state index contributed by atoms with van der Waals surface area (Å²) in [5.74, 6) is -0.132. The summed E-state index contributed by atoms with van der Waals surface area (Å²) in [6.07, 6.45) is 0. The molecule has 7 heteroatoms. The predicted octanol–water partition coefficient (Wildman–Crippen LogP) is 2.78. The number of nitrogen functional groups attached to an aromatic ring is 1. The molecule has 0 atom stereocenters. The second kappa shape index (κ2) is 5.02. The van der Waals surface area contributed by atoms with Gasteiger partial charge < -0.3 is 15.3 Å². The first-order valence-electron chi connectivity index (χ1n) is 5.13. The van der Waals surface area contributed by atoms with Gasteiger partial charge in [0.15, 0.2) is 5.13 Å². The van der Waals surface area contributed by atoms with Crippen molar-refractivity contribution in [3.63, 3.8) is 0 Å². The van der Waals surface area contributed by atoms with E-state index in [0.29, 0.717) is 21.8 Å². The Balaban J connectivity index is 0.00000133. The molecule has 3 aromatic rings. The van der Waals surface area contributed by atoms with Gasteiger partial charge in [-0.15, -0.1) is 28.3 Å². The number of benzene rings is 1. The van der Waals surface area contributed by atoms with E-state index in [1.165, 1.54) is 11.3 Å². The Hall–Kier alpha value is -1.86. The fourth-order valence-corrected chi connectivity index (χ4v) is 2.32. The molecule has 0 radical (unpaired) electrons. The third-order valence-electron chi connectivity index (χ3n) is 2.56. The predicted molar refractivity (Wildman–Crippen MR) is 80.0 cm³/mol. The minimum absolute atomic E-state index is 0. The van der Waals surface area contributed by atoms with Crippen molar-refractivity contribution in [2.45, 2.75) is 0 Å². The third kappa shape index (κ3) is 2.22. The number of anilines is 1. The number of halogens is 1. The first kappa shape index (κ1) is 13.6. The number of hydrogen-bond donors (Lipinski definition) is 2. The van der Waals surface area contributed by atoms with Crippen LogP contribution in [0.25, 0.3) is 22.2 Å². The highest BCUT2D eigenvalue weighted by Gasteiger charge is 2.17. The molecule has 0 spiro atoms. The Labute approximate surface area is 122 Å². The van der Waals surface area contributed by atoms with Crippen molar-refractivity contribution in [1.82, 2.24) is 4.98 Å². The number of thiazole rings is 1. The molecule has 0 unspecified atom stereocenters. The summed E-state index contributed by atoms with van der Waals surface area (Å²) in [7, 11) is 0. The molecule has 98 valence electrons. The second-order valence-electron chi connectivity index (χ2n) is 3.68. The van der Waals surface area contributed by atoms with Gasteiger partial charge in [-0.3, -0.25) is 0 Å². The van der Waals surface area contributed by atoms with E-state index in [0.717, 1.165) is 0 Å². The normalized spacial score (nSPS) is 10.3. The number of nitrogens with two attached hydrogens (primary N) is 1. The molecule has 19 heavy (non-hydrogen) atoms. The van der Waals surface area contributed by atoms with Crippen molar-refractivity contribution in [2.24, 2.45) is 0 Å². The average molecular weight is 341 g/mol. The van der Waals surface area contributed by atoms with Crippen LogP contribution in [0.4, 0.5) is 5.13 Å². The first-order chi connectivity index (χ1) is 8.66. The highest BCUT2D eigenvalue weighted by Crippen LogP contribution is 2.33. The van der Waals surface area contributed by atoms with E-state index < -0.39 is 5.63 Å². The molecular weight excluding hydrogens is 332 g/mol. The van der Waals surface area contributed by atoms with Crippen molar-refractivity contribution in [2.75, 3.05) is 5.73 Å². The van der Waals surface area contributed by atoms with Gasteiger partial charge in [0.1, 0.15) is 16.9 Å². The Morgan fingerprint density at radius 2 is 2.05 bits per heavy atom. The number of aromatic nitrogens is 1. The van der Waals surface area contributed by atoms with Crippen molar-refractivity contribution in [3.05, 3.63) is 40.1 Å². The van der Waals surface area contributed by atoms with Gasteiger partial charge in [0.05, 0.1) is 11.1 Å². The zero-order valence-electron chi connectivity index (χ0n) is 9.49. The number of hydrogen-bond acceptors (Lipinski definition) is 6. The van der Waals surface area contributed by atoms with E-state index >= 15 is 0 Å². The monoisotopic (exact) mass is 340 g/mol. The summed E-state index contributed by atoms with van der Waals surface area (Å²) in [6, 6.07) is 6.77. The van der Waals surface area contributed by atoms with Crippen LogP contribution < -0.4 is 11.4 Å². The Kier molecular flexibility index (Phi) is 3.59. The lowest BCUT2D eigenvalue weighted by molar-refractivity contribution is 0.471. The van der Waals surface area contributed by atoms with Gasteiger partial charge in [0.2, 0.25) is 0 Å². The molecular formula is C12H9BrN2O3S. The molecule has 3 N–H and O–H groups in total. The van der Waals surface area contributed by atoms with Crippen LogP contribution in [0.5, 0.6) is 5.75 Å². The molecule has 0 aliphatic heterocycles. The molecule has 2 heterocycles. The van der Waals surface area contributed by atoms with E-state index in [2.05, 4.69) is 4.98 Å². The molecule has 0 aliphatic carbocycles. The fourth-order valence-electron chi connectivity index (χ4n) is 1.76. The summed E-state index contributed by atoms with van der Waals surface area (Å²) in [5, 5.41) is 12.6. The van der Waals surface area contributed by atoms with Crippen molar-refractivity contribution in [3.8, 4) is 17.0 Å². The maximum atomic E-state index is 11.9. The zero-order valence-corrected chi connectivity index (χ0v) is 12.0. The smallest absolute Gasteiger partial charge is 0.349 e. The van der Waals surface area contributed by atoms with Gasteiger partial charge >= 0.3 is 5.63 Å². The first-order valence-corrected chi connectivity index (χ1v) is 6.01. The average Bonchev–Trinajstić information content (AvgIpc) is 2.76. The lowest BCUT2D eigenvalue weighted by Gasteiger charge is -2.03. The molecule has 0 saturated heterocycles. The zero-order chi connectivity index (χ0) is 12.7. The standard InChI is InChI=1S/C12H8N2O3S.BrH/c13-12-14-7(5-18-12)9-10(15)6-3-1-2-4-8(6)17-11(9)16;/h1-5,15H,(H2,13,14);1H. The summed E-state index contributed by atoms with van der Waals surface area (Å²) >= 11 is 1.20. The molecule has 0 saturated carbocycles. The van der Waals surface area contributed by atoms with Crippen LogP contribution in [0.3, 0.4) is 0 Å². The summed E-state index contributed by atoms with van der Waals surface area (Å²) in [6.45, 7) is 0. The molecule has 1 aromatic carbocycles. The Bertz CT molecular complexity index is 797. The minimum Gasteiger partial charge on any atom is -0.506 e. The van der Waals surface area contributed by atoms with Gasteiger partial charge in [-0.2, -0.15) is 0 Å². The lowest BCUT2D eigenvalue weighted by Crippen LogP contribution is -2.03. The Morgan fingerprint density at radius 1 is 1.32 bits per heavy atom. The number of rotatable bonds is 1. The van der Waals surface area contributed by atoms with E-state index in [9.17, 15) is 9.90 Å². The molecule has 2 aromatic heterocycles. The summed E-state index contributed by atoms with van der Waals surface area (Å²) in [5.41, 5.74) is 5.60. The van der Waals surface area contributed by atoms with Gasteiger partial charge in [0.25, 0.3) is 0 Å². The molecule has 0 bridgehead atoms. The van der Waals surface area contributed by atoms with Crippen LogP contribution in [0.2, 0.25) is 0 Å². The molecule has 5 nitrogen and oxygen atoms in total. The van der Waals surface area contributed by atoms with Crippen LogP contribution in [-0.2, 0) is 0 Å². The fraction of sp³-hybridized carbons (Fsp3) is 0. The van der Waals surface area contributed by atoms with Crippen LogP contribution in [-0.4, -0.2) is 10.1 Å². The largest absolute Gasteiger partial charge is 0.506 e. The van der Waals surface area contributed by atoms with Gasteiger partial charge in [-0.05, 0) is 12.1 Å². The number of aromatic hydroxyl groups is 1. The number of para-hydroxylation sites is 1. The van der Waals surface area contributed by atoms with Gasteiger partial charge in [-0.1, -0.05) is 12.1 Å². The van der Waals surface area contributed by atoms with Crippen LogP contribution in [0, 0.1) is 0 Å². The van der Waals surface area contributed by atoms with Crippen molar-refractivity contribution in [1.29, 1.82) is 0 Å². The molecule has 0 fully saturated rings. The van der Waals surface area contributed by atoms with Crippen LogP contribution in [0.15, 0.2) is 38.9 Å². The third-order valence-corrected chi connectivity index (χ3v) is 3.24. The summed E-state index contributed by atoms with van der Waals surface area (Å²) < 4.78 is 5.15. The Morgan fingerprint density at radius 3 is 2.74 bits per heavy atom. The molecule has 0 amide bonds. The van der Waals surface area contributed by atoms with E-state index in [1.807, 2.05) is 0 Å². The van der Waals surface area contributed by atoms with E-state index in [4.69, 9.17) is 10.2 Å². The lowest BCUT2D eigenvalue weighted by atomic mass is 10.1. The summed E-state index contributed by atoms with van der Waals surface area (Å²) in [4.78, 5) is 15.8. The maximum Gasteiger partial charge on any atom is 0.349 e. The highest BCUT2D eigenvalue weighted by atomic mass is 79.9. The minimum atomic E-state index is -0.628. The second-order valence-corrected chi connectivity index (χ2v) is 4.57. The van der Waals surface area contributed by atoms with E-state index in [-0.39, 0.29) is 28.3 Å². The molecule has 3 rings (SSSR count). The SMILES string of the molecule is Br.Nc1nc(-c2c(O)c3ccccc3oc2=O)cs1. The quantitative estimate of drug-likeness (QED) is 0.665. The number of fused-ring (bicyclic) bond motifs is 1. The van der Waals surface area contributed by atoms with E-state index in [1.54, 1.807) is 29.6 Å². The van der Waals surface area contributed by atoms with Gasteiger partial charge in [0, 0.05) is 5.38 Å². The number of nitrogens with zero attached hydrogens (tertiary/aromatic N) is 1. The highest BCUT2D eigenvalue weighted by molar-refractivity contribution is 8.93. The topological polar surface area (TPSA) is 89.3 Å². The maximum absolute atomic E-state index is 11.9. The molecule has 0 aliphatic rings. The van der Waals surface area contributed by atoms with Crippen LogP contribution in [0.1, 0.15) is 0 Å². The van der Waals surface area contributed by atoms with Crippen molar-refractivity contribution >= 4 is 44.4 Å².